The van der Waals surface area contributed by atoms with Crippen LogP contribution in [0.15, 0.2) is 47.1 Å². The summed E-state index contributed by atoms with van der Waals surface area (Å²) in [5.41, 5.74) is 3.66. The molecule has 0 aliphatic carbocycles. The van der Waals surface area contributed by atoms with Gasteiger partial charge in [0.2, 0.25) is 5.78 Å². The van der Waals surface area contributed by atoms with Crippen LogP contribution in [0.4, 0.5) is 9.18 Å². The Kier molecular flexibility index (Phi) is 4.13. The van der Waals surface area contributed by atoms with Crippen LogP contribution in [0.25, 0.3) is 28.1 Å². The van der Waals surface area contributed by atoms with Gasteiger partial charge in [0.1, 0.15) is 5.82 Å². The third kappa shape index (κ3) is 2.81. The summed E-state index contributed by atoms with van der Waals surface area (Å²) in [6.45, 7) is 0.485. The number of rotatable bonds is 2. The maximum atomic E-state index is 15.0. The number of fused-ring (bicyclic) bond motifs is 3. The van der Waals surface area contributed by atoms with Crippen LogP contribution < -0.4 is 0 Å². The number of benzene rings is 2. The molecule has 0 saturated carbocycles. The van der Waals surface area contributed by atoms with E-state index in [1.165, 1.54) is 11.0 Å². The molecule has 1 fully saturated rings. The van der Waals surface area contributed by atoms with Gasteiger partial charge in [-0.05, 0) is 48.7 Å². The number of carbonyl (C=O) groups is 1. The number of amides is 1. The van der Waals surface area contributed by atoms with Crippen LogP contribution in [0.1, 0.15) is 24.4 Å². The standard InChI is InChI=1S/C21H18BrFN4O2/c1-25-19-10-13(22)5-7-18(19)27-11-16(24-20(25)27)14-6-4-12(9-15(14)23)17-3-2-8-26(17)21(28)29/h4-7,9-11,17H,2-3,8H2,1H3,(H,28,29)/t17-/m0/s1. The van der Waals surface area contributed by atoms with E-state index in [1.807, 2.05) is 46.5 Å². The molecule has 4 aromatic rings. The van der Waals surface area contributed by atoms with Crippen LogP contribution in [0.2, 0.25) is 0 Å². The van der Waals surface area contributed by atoms with Crippen molar-refractivity contribution >= 4 is 38.8 Å². The first kappa shape index (κ1) is 18.2. The normalized spacial score (nSPS) is 16.9. The smallest absolute Gasteiger partial charge is 0.407 e. The Morgan fingerprint density at radius 1 is 1.24 bits per heavy atom. The van der Waals surface area contributed by atoms with E-state index < -0.39 is 11.9 Å². The van der Waals surface area contributed by atoms with Gasteiger partial charge in [-0.25, -0.2) is 14.2 Å². The zero-order valence-electron chi connectivity index (χ0n) is 15.6. The Labute approximate surface area is 174 Å². The molecule has 148 valence electrons. The van der Waals surface area contributed by atoms with Gasteiger partial charge in [-0.2, -0.15) is 0 Å². The fraction of sp³-hybridized carbons (Fsp3) is 0.238. The lowest BCUT2D eigenvalue weighted by Gasteiger charge is -2.22. The van der Waals surface area contributed by atoms with Crippen molar-refractivity contribution in [3.63, 3.8) is 0 Å². The highest BCUT2D eigenvalue weighted by Gasteiger charge is 2.30. The molecular formula is C21H18BrFN4O2. The van der Waals surface area contributed by atoms with Gasteiger partial charge in [0.15, 0.2) is 0 Å². The topological polar surface area (TPSA) is 62.8 Å². The van der Waals surface area contributed by atoms with Crippen molar-refractivity contribution in [1.82, 2.24) is 18.9 Å². The molecular weight excluding hydrogens is 439 g/mol. The summed E-state index contributed by atoms with van der Waals surface area (Å²) in [4.78, 5) is 17.4. The Hall–Kier alpha value is -2.87. The largest absolute Gasteiger partial charge is 0.465 e. The maximum Gasteiger partial charge on any atom is 0.407 e. The van der Waals surface area contributed by atoms with Crippen molar-refractivity contribution < 1.29 is 14.3 Å². The molecule has 0 bridgehead atoms. The number of likely N-dealkylation sites (tertiary alicyclic amines) is 1. The second-order valence-corrected chi connectivity index (χ2v) is 8.28. The molecule has 1 atom stereocenters. The summed E-state index contributed by atoms with van der Waals surface area (Å²) in [6, 6.07) is 10.6. The molecule has 1 amide bonds. The Morgan fingerprint density at radius 2 is 2.07 bits per heavy atom. The highest BCUT2D eigenvalue weighted by molar-refractivity contribution is 9.10. The molecule has 2 aromatic heterocycles. The lowest BCUT2D eigenvalue weighted by Crippen LogP contribution is -2.28. The van der Waals surface area contributed by atoms with Gasteiger partial charge in [0.05, 0.1) is 22.8 Å². The van der Waals surface area contributed by atoms with Crippen LogP contribution >= 0.6 is 15.9 Å². The predicted molar refractivity (Wildman–Crippen MR) is 111 cm³/mol. The van der Waals surface area contributed by atoms with E-state index >= 15 is 0 Å². The van der Waals surface area contributed by atoms with Gasteiger partial charge < -0.3 is 14.6 Å². The highest BCUT2D eigenvalue weighted by atomic mass is 79.9. The van der Waals surface area contributed by atoms with E-state index in [2.05, 4.69) is 20.9 Å². The van der Waals surface area contributed by atoms with Gasteiger partial charge >= 0.3 is 6.09 Å². The van der Waals surface area contributed by atoms with Crippen molar-refractivity contribution in [2.24, 2.45) is 7.05 Å². The zero-order valence-corrected chi connectivity index (χ0v) is 17.2. The highest BCUT2D eigenvalue weighted by Crippen LogP contribution is 2.34. The Balaban J connectivity index is 1.57. The van der Waals surface area contributed by atoms with Crippen LogP contribution in [0, 0.1) is 5.82 Å². The molecule has 3 heterocycles. The molecule has 1 aliphatic rings. The number of carboxylic acid groups (broad SMARTS) is 1. The minimum absolute atomic E-state index is 0.292. The van der Waals surface area contributed by atoms with Crippen molar-refractivity contribution in [3.05, 3.63) is 58.4 Å². The second kappa shape index (κ2) is 6.59. The minimum atomic E-state index is -0.962. The number of nitrogens with zero attached hydrogens (tertiary/aromatic N) is 4. The van der Waals surface area contributed by atoms with E-state index in [9.17, 15) is 14.3 Å². The SMILES string of the molecule is Cn1c2cc(Br)ccc2n2cc(-c3ccc([C@@H]4CCCN4C(=O)O)cc3F)nc12. The summed E-state index contributed by atoms with van der Waals surface area (Å²) in [6.07, 6.45) is 2.37. The van der Waals surface area contributed by atoms with Gasteiger partial charge in [-0.1, -0.05) is 22.0 Å². The first-order chi connectivity index (χ1) is 13.9. The lowest BCUT2D eigenvalue weighted by molar-refractivity contribution is 0.140. The van der Waals surface area contributed by atoms with Crippen molar-refractivity contribution in [1.29, 1.82) is 0 Å². The van der Waals surface area contributed by atoms with E-state index in [4.69, 9.17) is 0 Å². The maximum absolute atomic E-state index is 15.0. The minimum Gasteiger partial charge on any atom is -0.465 e. The number of halogens is 2. The number of hydrogen-bond acceptors (Lipinski definition) is 2. The molecule has 5 rings (SSSR count). The third-order valence-electron chi connectivity index (χ3n) is 5.70. The van der Waals surface area contributed by atoms with Crippen LogP contribution in [-0.2, 0) is 7.05 Å². The van der Waals surface area contributed by atoms with Crippen LogP contribution in [-0.4, -0.2) is 36.6 Å². The molecule has 0 unspecified atom stereocenters. The summed E-state index contributed by atoms with van der Waals surface area (Å²) >= 11 is 3.49. The van der Waals surface area contributed by atoms with E-state index in [1.54, 1.807) is 6.07 Å². The third-order valence-corrected chi connectivity index (χ3v) is 6.19. The molecule has 8 heteroatoms. The zero-order chi connectivity index (χ0) is 20.3. The summed E-state index contributed by atoms with van der Waals surface area (Å²) in [5, 5.41) is 9.35. The average molecular weight is 457 g/mol. The van der Waals surface area contributed by atoms with Gasteiger partial charge in [-0.3, -0.25) is 4.40 Å². The van der Waals surface area contributed by atoms with Crippen molar-refractivity contribution in [2.45, 2.75) is 18.9 Å². The van der Waals surface area contributed by atoms with Gasteiger partial charge in [-0.15, -0.1) is 0 Å². The summed E-state index contributed by atoms with van der Waals surface area (Å²) < 4.78 is 19.9. The fourth-order valence-corrected chi connectivity index (χ4v) is 4.63. The molecule has 1 aliphatic heterocycles. The van der Waals surface area contributed by atoms with E-state index in [0.29, 0.717) is 29.8 Å². The van der Waals surface area contributed by atoms with Gasteiger partial charge in [0.25, 0.3) is 0 Å². The molecule has 6 nitrogen and oxygen atoms in total. The molecule has 2 aromatic carbocycles. The summed E-state index contributed by atoms with van der Waals surface area (Å²) in [5.74, 6) is 0.333. The number of hydrogen-bond donors (Lipinski definition) is 1. The molecule has 0 radical (unpaired) electrons. The van der Waals surface area contributed by atoms with Crippen LogP contribution in [0.5, 0.6) is 0 Å². The number of imidazole rings is 2. The van der Waals surface area contributed by atoms with Crippen molar-refractivity contribution in [3.8, 4) is 11.3 Å². The average Bonchev–Trinajstić information content (AvgIpc) is 3.39. The Morgan fingerprint density at radius 3 is 2.83 bits per heavy atom. The van der Waals surface area contributed by atoms with Gasteiger partial charge in [0, 0.05) is 29.8 Å². The number of aryl methyl sites for hydroxylation is 1. The molecule has 1 saturated heterocycles. The van der Waals surface area contributed by atoms with Crippen molar-refractivity contribution in [2.75, 3.05) is 6.54 Å². The monoisotopic (exact) mass is 456 g/mol. The lowest BCUT2D eigenvalue weighted by atomic mass is 10.0. The first-order valence-corrected chi connectivity index (χ1v) is 10.2. The predicted octanol–water partition coefficient (Wildman–Crippen LogP) is 5.21. The van der Waals surface area contributed by atoms with E-state index in [0.717, 1.165) is 27.7 Å². The first-order valence-electron chi connectivity index (χ1n) is 9.36. The molecule has 0 spiro atoms. The molecule has 1 N–H and O–H groups in total. The second-order valence-electron chi connectivity index (χ2n) is 7.36. The Bertz CT molecular complexity index is 1280. The number of aromatic nitrogens is 3. The fourth-order valence-electron chi connectivity index (χ4n) is 4.28. The molecule has 29 heavy (non-hydrogen) atoms. The quantitative estimate of drug-likeness (QED) is 0.450. The summed E-state index contributed by atoms with van der Waals surface area (Å²) in [7, 11) is 1.93. The van der Waals surface area contributed by atoms with E-state index in [-0.39, 0.29) is 6.04 Å². The van der Waals surface area contributed by atoms with Crippen LogP contribution in [0.3, 0.4) is 0 Å².